The van der Waals surface area contributed by atoms with Crippen LogP contribution < -0.4 is 0 Å². The lowest BCUT2D eigenvalue weighted by Gasteiger charge is -2.43. The number of imidazole rings is 1. The Balaban J connectivity index is 1.32. The smallest absolute Gasteiger partial charge is 0.0925 e. The molecule has 1 aliphatic carbocycles. The minimum atomic E-state index is 0.452. The molecule has 0 spiro atoms. The van der Waals surface area contributed by atoms with E-state index in [1.807, 2.05) is 24.8 Å². The minimum Gasteiger partial charge on any atom is -0.348 e. The number of piperidine rings is 1. The van der Waals surface area contributed by atoms with Gasteiger partial charge < -0.3 is 9.88 Å². The molecule has 26 heavy (non-hydrogen) atoms. The molecule has 2 aliphatic heterocycles. The lowest BCUT2D eigenvalue weighted by molar-refractivity contribution is 0.0698. The number of aromatic nitrogens is 3. The molecule has 0 amide bonds. The second-order valence-corrected chi connectivity index (χ2v) is 8.37. The summed E-state index contributed by atoms with van der Waals surface area (Å²) in [7, 11) is 0. The molecule has 0 radical (unpaired) electrons. The average Bonchev–Trinajstić information content (AvgIpc) is 3.36. The van der Waals surface area contributed by atoms with Crippen molar-refractivity contribution in [2.45, 2.75) is 44.7 Å². The lowest BCUT2D eigenvalue weighted by Crippen LogP contribution is -2.44. The highest BCUT2D eigenvalue weighted by atomic mass is 15.2. The predicted molar refractivity (Wildman–Crippen MR) is 102 cm³/mol. The van der Waals surface area contributed by atoms with Gasteiger partial charge in [0.1, 0.15) is 0 Å². The molecule has 2 aromatic heterocycles. The summed E-state index contributed by atoms with van der Waals surface area (Å²) in [5.41, 5.74) is 3.97. The first-order valence-corrected chi connectivity index (χ1v) is 10.2. The van der Waals surface area contributed by atoms with Crippen LogP contribution in [-0.2, 0) is 13.0 Å². The summed E-state index contributed by atoms with van der Waals surface area (Å²) in [4.78, 5) is 17.8. The number of likely N-dealkylation sites (tertiary alicyclic amines) is 1. The van der Waals surface area contributed by atoms with Crippen molar-refractivity contribution in [3.8, 4) is 0 Å². The van der Waals surface area contributed by atoms with E-state index in [4.69, 9.17) is 4.98 Å². The van der Waals surface area contributed by atoms with Crippen molar-refractivity contribution in [1.82, 2.24) is 24.8 Å². The van der Waals surface area contributed by atoms with Crippen LogP contribution >= 0.6 is 0 Å². The third kappa shape index (κ3) is 3.42. The first-order chi connectivity index (χ1) is 12.9. The number of aromatic amines is 1. The summed E-state index contributed by atoms with van der Waals surface area (Å²) in [6, 6.07) is 4.70. The van der Waals surface area contributed by atoms with Gasteiger partial charge in [-0.3, -0.25) is 9.88 Å². The highest BCUT2D eigenvalue weighted by Gasteiger charge is 2.37. The molecule has 1 atom stereocenters. The van der Waals surface area contributed by atoms with Crippen molar-refractivity contribution in [3.05, 3.63) is 47.8 Å². The molecular weight excluding hydrogens is 322 g/mol. The minimum absolute atomic E-state index is 0.452. The number of rotatable bonds is 5. The summed E-state index contributed by atoms with van der Waals surface area (Å²) in [5.74, 6) is 1.71. The molecular formula is C21H29N5. The third-order valence-electron chi connectivity index (χ3n) is 6.47. The molecule has 5 nitrogen and oxygen atoms in total. The fraction of sp³-hybridized carbons (Fsp3) is 0.619. The van der Waals surface area contributed by atoms with E-state index in [1.54, 1.807) is 0 Å². The average molecular weight is 351 g/mol. The molecule has 1 saturated heterocycles. The predicted octanol–water partition coefficient (Wildman–Crippen LogP) is 3.03. The van der Waals surface area contributed by atoms with Gasteiger partial charge in [0.15, 0.2) is 0 Å². The Morgan fingerprint density at radius 1 is 1.12 bits per heavy atom. The van der Waals surface area contributed by atoms with E-state index in [2.05, 4.69) is 25.8 Å². The van der Waals surface area contributed by atoms with Crippen LogP contribution in [0.15, 0.2) is 30.9 Å². The second kappa shape index (κ2) is 7.12. The lowest BCUT2D eigenvalue weighted by atomic mass is 9.83. The molecule has 5 rings (SSSR count). The van der Waals surface area contributed by atoms with Gasteiger partial charge >= 0.3 is 0 Å². The Morgan fingerprint density at radius 2 is 2.00 bits per heavy atom. The van der Waals surface area contributed by atoms with Gasteiger partial charge in [0, 0.05) is 44.1 Å². The molecule has 1 unspecified atom stereocenters. The first kappa shape index (κ1) is 16.5. The van der Waals surface area contributed by atoms with Gasteiger partial charge in [-0.25, -0.2) is 4.98 Å². The van der Waals surface area contributed by atoms with E-state index in [9.17, 15) is 0 Å². The Labute approximate surface area is 155 Å². The topological polar surface area (TPSA) is 48.1 Å². The number of nitrogens with zero attached hydrogens (tertiary/aromatic N) is 4. The van der Waals surface area contributed by atoms with Crippen LogP contribution in [0, 0.1) is 11.8 Å². The van der Waals surface area contributed by atoms with Crippen LogP contribution in [0.2, 0.25) is 0 Å². The molecule has 138 valence electrons. The monoisotopic (exact) mass is 351 g/mol. The normalized spacial score (nSPS) is 25.3. The van der Waals surface area contributed by atoms with Crippen LogP contribution in [0.3, 0.4) is 0 Å². The number of hydrogen-bond donors (Lipinski definition) is 1. The zero-order valence-corrected chi connectivity index (χ0v) is 15.5. The molecule has 0 aromatic carbocycles. The van der Waals surface area contributed by atoms with E-state index >= 15 is 0 Å². The molecule has 0 bridgehead atoms. The van der Waals surface area contributed by atoms with Crippen LogP contribution in [0.5, 0.6) is 0 Å². The zero-order valence-electron chi connectivity index (χ0n) is 15.5. The van der Waals surface area contributed by atoms with Crippen LogP contribution in [0.1, 0.15) is 48.7 Å². The zero-order chi connectivity index (χ0) is 17.3. The fourth-order valence-electron chi connectivity index (χ4n) is 4.90. The number of H-pyrrole nitrogens is 1. The van der Waals surface area contributed by atoms with E-state index in [0.29, 0.717) is 12.0 Å². The van der Waals surface area contributed by atoms with Crippen molar-refractivity contribution >= 4 is 0 Å². The summed E-state index contributed by atoms with van der Waals surface area (Å²) in [6.45, 7) is 5.95. The van der Waals surface area contributed by atoms with Gasteiger partial charge in [-0.1, -0.05) is 6.07 Å². The molecule has 4 heterocycles. The number of hydrogen-bond acceptors (Lipinski definition) is 4. The molecule has 2 fully saturated rings. The van der Waals surface area contributed by atoms with Gasteiger partial charge in [-0.05, 0) is 62.2 Å². The largest absolute Gasteiger partial charge is 0.348 e. The van der Waals surface area contributed by atoms with Gasteiger partial charge in [0.05, 0.1) is 18.1 Å². The third-order valence-corrected chi connectivity index (χ3v) is 6.47. The highest BCUT2D eigenvalue weighted by molar-refractivity contribution is 5.22. The van der Waals surface area contributed by atoms with Crippen molar-refractivity contribution in [2.75, 3.05) is 26.2 Å². The van der Waals surface area contributed by atoms with E-state index in [1.165, 1.54) is 62.3 Å². The molecule has 1 saturated carbocycles. The SMILES string of the molecule is c1cncc(CN2CCc3[nH]cnc3C2C2CCN(CC3CC3)CC2)c1. The summed E-state index contributed by atoms with van der Waals surface area (Å²) >= 11 is 0. The second-order valence-electron chi connectivity index (χ2n) is 8.37. The maximum Gasteiger partial charge on any atom is 0.0925 e. The molecule has 1 N–H and O–H groups in total. The Hall–Kier alpha value is -1.72. The first-order valence-electron chi connectivity index (χ1n) is 10.2. The van der Waals surface area contributed by atoms with Crippen molar-refractivity contribution < 1.29 is 0 Å². The van der Waals surface area contributed by atoms with Gasteiger partial charge in [-0.2, -0.15) is 0 Å². The quantitative estimate of drug-likeness (QED) is 0.899. The number of pyridine rings is 1. The molecule has 5 heteroatoms. The van der Waals surface area contributed by atoms with E-state index in [0.717, 1.165) is 25.4 Å². The van der Waals surface area contributed by atoms with E-state index in [-0.39, 0.29) is 0 Å². The van der Waals surface area contributed by atoms with Crippen LogP contribution in [0.4, 0.5) is 0 Å². The van der Waals surface area contributed by atoms with Gasteiger partial charge in [0.25, 0.3) is 0 Å². The van der Waals surface area contributed by atoms with Crippen molar-refractivity contribution in [1.29, 1.82) is 0 Å². The summed E-state index contributed by atoms with van der Waals surface area (Å²) < 4.78 is 0. The highest BCUT2D eigenvalue weighted by Crippen LogP contribution is 2.40. The Morgan fingerprint density at radius 3 is 2.77 bits per heavy atom. The summed E-state index contributed by atoms with van der Waals surface area (Å²) in [5, 5.41) is 0. The van der Waals surface area contributed by atoms with Gasteiger partial charge in [0.2, 0.25) is 0 Å². The number of fused-ring (bicyclic) bond motifs is 1. The number of nitrogens with one attached hydrogen (secondary N) is 1. The van der Waals surface area contributed by atoms with Crippen molar-refractivity contribution in [3.63, 3.8) is 0 Å². The standard InChI is InChI=1S/C21H29N5/c1-2-17(12-22-8-1)14-26-11-7-19-20(24-15-23-19)21(26)18-5-9-25(10-6-18)13-16-3-4-16/h1-2,8,12,15-16,18,21H,3-7,9-11,13-14H2,(H,23,24). The fourth-order valence-corrected chi connectivity index (χ4v) is 4.90. The van der Waals surface area contributed by atoms with Crippen LogP contribution in [0.25, 0.3) is 0 Å². The maximum atomic E-state index is 4.76. The maximum absolute atomic E-state index is 4.76. The molecule has 2 aromatic rings. The molecule has 3 aliphatic rings. The van der Waals surface area contributed by atoms with Crippen LogP contribution in [-0.4, -0.2) is 50.9 Å². The van der Waals surface area contributed by atoms with Crippen molar-refractivity contribution in [2.24, 2.45) is 11.8 Å². The van der Waals surface area contributed by atoms with E-state index < -0.39 is 0 Å². The summed E-state index contributed by atoms with van der Waals surface area (Å²) in [6.07, 6.45) is 12.4. The Bertz CT molecular complexity index is 715. The Kier molecular flexibility index (Phi) is 4.51. The van der Waals surface area contributed by atoms with Gasteiger partial charge in [-0.15, -0.1) is 0 Å².